The highest BCUT2D eigenvalue weighted by Crippen LogP contribution is 2.17. The van der Waals surface area contributed by atoms with Crippen LogP contribution in [0.4, 0.5) is 0 Å². The zero-order valence-corrected chi connectivity index (χ0v) is 7.79. The van der Waals surface area contributed by atoms with Gasteiger partial charge in [0.05, 0.1) is 16.8 Å². The largest absolute Gasteiger partial charge is 0.240 e. The van der Waals surface area contributed by atoms with Crippen molar-refractivity contribution in [2.75, 3.05) is 0 Å². The van der Waals surface area contributed by atoms with Crippen molar-refractivity contribution in [3.63, 3.8) is 0 Å². The van der Waals surface area contributed by atoms with Crippen LogP contribution in [0.3, 0.4) is 0 Å². The fraction of sp³-hybridized carbons (Fsp3) is 0.200. The summed E-state index contributed by atoms with van der Waals surface area (Å²) in [6, 6.07) is 5.68. The van der Waals surface area contributed by atoms with E-state index in [4.69, 9.17) is 15.8 Å². The second-order valence-electron chi connectivity index (χ2n) is 2.76. The van der Waals surface area contributed by atoms with E-state index in [9.17, 15) is 0 Å². The summed E-state index contributed by atoms with van der Waals surface area (Å²) in [7, 11) is 0. The van der Waals surface area contributed by atoms with Gasteiger partial charge >= 0.3 is 0 Å². The third kappa shape index (κ3) is 1.28. The minimum absolute atomic E-state index is 0.0847. The first-order chi connectivity index (χ1) is 6.65. The van der Waals surface area contributed by atoms with Crippen molar-refractivity contribution in [3.8, 4) is 18.2 Å². The molecule has 1 rings (SSSR count). The maximum Gasteiger partial charge on any atom is 0.158 e. The lowest BCUT2D eigenvalue weighted by Gasteiger charge is -2.04. The molecule has 0 saturated heterocycles. The van der Waals surface area contributed by atoms with E-state index in [1.54, 1.807) is 13.8 Å². The fourth-order valence-electron chi connectivity index (χ4n) is 1.24. The van der Waals surface area contributed by atoms with Gasteiger partial charge in [-0.15, -0.1) is 0 Å². The van der Waals surface area contributed by atoms with E-state index in [1.807, 2.05) is 18.2 Å². The molecule has 0 aliphatic rings. The Balaban J connectivity index is 3.71. The lowest BCUT2D eigenvalue weighted by molar-refractivity contribution is 1.11. The van der Waals surface area contributed by atoms with Gasteiger partial charge in [0.1, 0.15) is 18.2 Å². The zero-order valence-electron chi connectivity index (χ0n) is 7.79. The topological polar surface area (TPSA) is 84.3 Å². The van der Waals surface area contributed by atoms with Crippen molar-refractivity contribution in [1.82, 2.24) is 4.98 Å². The number of aryl methyl sites for hydroxylation is 1. The number of hydrogen-bond donors (Lipinski definition) is 0. The molecule has 0 aromatic carbocycles. The van der Waals surface area contributed by atoms with E-state index >= 15 is 0 Å². The Morgan fingerprint density at radius 1 is 0.929 bits per heavy atom. The highest BCUT2D eigenvalue weighted by molar-refractivity contribution is 5.54. The summed E-state index contributed by atoms with van der Waals surface area (Å²) in [5.41, 5.74) is 1.66. The van der Waals surface area contributed by atoms with Gasteiger partial charge in [-0.25, -0.2) is 4.98 Å². The molecule has 14 heavy (non-hydrogen) atoms. The maximum absolute atomic E-state index is 8.80. The summed E-state index contributed by atoms with van der Waals surface area (Å²) >= 11 is 0. The van der Waals surface area contributed by atoms with Crippen LogP contribution in [0.25, 0.3) is 0 Å². The van der Waals surface area contributed by atoms with Crippen molar-refractivity contribution >= 4 is 0 Å². The molecule has 4 nitrogen and oxygen atoms in total. The minimum atomic E-state index is 0.0847. The van der Waals surface area contributed by atoms with E-state index in [2.05, 4.69) is 4.98 Å². The molecule has 0 spiro atoms. The molecule has 0 fully saturated rings. The van der Waals surface area contributed by atoms with Crippen LogP contribution in [0.15, 0.2) is 0 Å². The Labute approximate surface area is 81.7 Å². The molecular weight excluding hydrogens is 176 g/mol. The smallest absolute Gasteiger partial charge is 0.158 e. The molecule has 0 atom stereocenters. The van der Waals surface area contributed by atoms with E-state index in [-0.39, 0.29) is 11.3 Å². The van der Waals surface area contributed by atoms with Crippen molar-refractivity contribution in [1.29, 1.82) is 15.8 Å². The van der Waals surface area contributed by atoms with Crippen LogP contribution in [0.2, 0.25) is 0 Å². The van der Waals surface area contributed by atoms with Gasteiger partial charge in [0.15, 0.2) is 5.69 Å². The monoisotopic (exact) mass is 182 g/mol. The van der Waals surface area contributed by atoms with Gasteiger partial charge in [-0.05, 0) is 19.4 Å². The molecule has 0 radical (unpaired) electrons. The Bertz CT molecular complexity index is 509. The van der Waals surface area contributed by atoms with Gasteiger partial charge in [-0.1, -0.05) is 0 Å². The highest BCUT2D eigenvalue weighted by Gasteiger charge is 2.13. The molecule has 1 aromatic rings. The molecule has 0 bridgehead atoms. The van der Waals surface area contributed by atoms with Gasteiger partial charge in [0, 0.05) is 0 Å². The molecule has 0 amide bonds. The van der Waals surface area contributed by atoms with Gasteiger partial charge in [0.25, 0.3) is 0 Å². The Morgan fingerprint density at radius 2 is 1.50 bits per heavy atom. The lowest BCUT2D eigenvalue weighted by Crippen LogP contribution is -2.00. The molecule has 0 unspecified atom stereocenters. The first-order valence-electron chi connectivity index (χ1n) is 3.87. The summed E-state index contributed by atoms with van der Waals surface area (Å²) in [5, 5.41) is 26.3. The van der Waals surface area contributed by atoms with E-state index in [1.165, 1.54) is 0 Å². The summed E-state index contributed by atoms with van der Waals surface area (Å²) < 4.78 is 0. The fourth-order valence-corrected chi connectivity index (χ4v) is 1.24. The molecule has 0 saturated carbocycles. The van der Waals surface area contributed by atoms with Crippen LogP contribution in [0, 0.1) is 47.8 Å². The van der Waals surface area contributed by atoms with Crippen molar-refractivity contribution < 1.29 is 0 Å². The Morgan fingerprint density at radius 3 is 1.93 bits per heavy atom. The summed E-state index contributed by atoms with van der Waals surface area (Å²) in [6.45, 7) is 3.29. The van der Waals surface area contributed by atoms with Crippen LogP contribution in [-0.2, 0) is 0 Å². The average Bonchev–Trinajstić information content (AvgIpc) is 2.17. The van der Waals surface area contributed by atoms with Crippen LogP contribution in [0.1, 0.15) is 28.1 Å². The van der Waals surface area contributed by atoms with Crippen molar-refractivity contribution in [2.24, 2.45) is 0 Å². The molecule has 1 heterocycles. The first-order valence-corrected chi connectivity index (χ1v) is 3.87. The number of pyridine rings is 1. The summed E-state index contributed by atoms with van der Waals surface area (Å²) in [5.74, 6) is 0. The Hall–Kier alpha value is -2.38. The predicted molar refractivity (Wildman–Crippen MR) is 47.9 cm³/mol. The summed E-state index contributed by atoms with van der Waals surface area (Å²) in [4.78, 5) is 3.89. The van der Waals surface area contributed by atoms with Crippen molar-refractivity contribution in [3.05, 3.63) is 28.1 Å². The number of hydrogen-bond acceptors (Lipinski definition) is 4. The molecular formula is C10H6N4. The SMILES string of the molecule is Cc1nc(C#N)c(C#N)c(C)c1C#N. The standard InChI is InChI=1S/C10H6N4/c1-6-8(3-11)7(2)14-10(5-13)9(6)4-12/h1-2H3. The Kier molecular flexibility index (Phi) is 2.47. The average molecular weight is 182 g/mol. The third-order valence-electron chi connectivity index (χ3n) is 1.96. The van der Waals surface area contributed by atoms with Gasteiger partial charge in [-0.2, -0.15) is 15.8 Å². The van der Waals surface area contributed by atoms with Crippen LogP contribution < -0.4 is 0 Å². The normalized spacial score (nSPS) is 8.50. The van der Waals surface area contributed by atoms with Gasteiger partial charge in [0.2, 0.25) is 0 Å². The summed E-state index contributed by atoms with van der Waals surface area (Å²) in [6.07, 6.45) is 0. The van der Waals surface area contributed by atoms with E-state index < -0.39 is 0 Å². The predicted octanol–water partition coefficient (Wildman–Crippen LogP) is 1.31. The van der Waals surface area contributed by atoms with Gasteiger partial charge in [-0.3, -0.25) is 0 Å². The maximum atomic E-state index is 8.80. The van der Waals surface area contributed by atoms with Crippen LogP contribution in [-0.4, -0.2) is 4.98 Å². The minimum Gasteiger partial charge on any atom is -0.240 e. The highest BCUT2D eigenvalue weighted by atomic mass is 14.7. The first kappa shape index (κ1) is 9.71. The molecule has 66 valence electrons. The van der Waals surface area contributed by atoms with Gasteiger partial charge < -0.3 is 0 Å². The zero-order chi connectivity index (χ0) is 10.7. The van der Waals surface area contributed by atoms with Crippen LogP contribution >= 0.6 is 0 Å². The van der Waals surface area contributed by atoms with E-state index in [0.29, 0.717) is 16.8 Å². The number of nitrogens with zero attached hydrogens (tertiary/aromatic N) is 4. The van der Waals surface area contributed by atoms with E-state index in [0.717, 1.165) is 0 Å². The molecule has 4 heteroatoms. The number of aromatic nitrogens is 1. The molecule has 0 aliphatic heterocycles. The van der Waals surface area contributed by atoms with Crippen LogP contribution in [0.5, 0.6) is 0 Å². The molecule has 0 aliphatic carbocycles. The molecule has 0 N–H and O–H groups in total. The van der Waals surface area contributed by atoms with Crippen molar-refractivity contribution in [2.45, 2.75) is 13.8 Å². The quantitative estimate of drug-likeness (QED) is 0.605. The second kappa shape index (κ2) is 3.56. The number of rotatable bonds is 0. The number of nitriles is 3. The lowest BCUT2D eigenvalue weighted by atomic mass is 10.0. The third-order valence-corrected chi connectivity index (χ3v) is 1.96. The second-order valence-corrected chi connectivity index (χ2v) is 2.76. The molecule has 1 aromatic heterocycles.